The van der Waals surface area contributed by atoms with Gasteiger partial charge in [0.1, 0.15) is 0 Å². The van der Waals surface area contributed by atoms with E-state index in [2.05, 4.69) is 19.9 Å². The summed E-state index contributed by atoms with van der Waals surface area (Å²) in [6.45, 7) is 6.05. The van der Waals surface area contributed by atoms with Crippen LogP contribution >= 0.6 is 0 Å². The van der Waals surface area contributed by atoms with Crippen molar-refractivity contribution in [1.82, 2.24) is 0 Å². The van der Waals surface area contributed by atoms with E-state index in [-0.39, 0.29) is 40.8 Å². The zero-order valence-electron chi connectivity index (χ0n) is 10.5. The van der Waals surface area contributed by atoms with Crippen LogP contribution in [-0.4, -0.2) is 0 Å². The van der Waals surface area contributed by atoms with Crippen molar-refractivity contribution in [3.8, 4) is 0 Å². The Morgan fingerprint density at radius 1 is 0.875 bits per heavy atom. The van der Waals surface area contributed by atoms with E-state index in [4.69, 9.17) is 0 Å². The third-order valence-electron chi connectivity index (χ3n) is 2.21. The van der Waals surface area contributed by atoms with Crippen molar-refractivity contribution >= 4 is 0 Å². The van der Waals surface area contributed by atoms with Crippen molar-refractivity contribution in [2.45, 2.75) is 51.9 Å². The first-order valence-electron chi connectivity index (χ1n) is 6.12. The number of unbranched alkanes of at least 4 members (excludes halogenated alkanes) is 6. The maximum absolute atomic E-state index is 3.80. The average molecular weight is 349 g/mol. The van der Waals surface area contributed by atoms with Crippen LogP contribution in [0.25, 0.3) is 0 Å². The van der Waals surface area contributed by atoms with E-state index in [0.29, 0.717) is 0 Å². The molecule has 0 aliphatic rings. The predicted octanol–water partition coefficient (Wildman–Crippen LogP) is 5.06. The average Bonchev–Trinajstić information content (AvgIpc) is 2.32. The van der Waals surface area contributed by atoms with Crippen LogP contribution in [0.2, 0.25) is 0 Å². The maximum atomic E-state index is 3.80. The van der Waals surface area contributed by atoms with Crippen LogP contribution in [0.3, 0.4) is 0 Å². The zero-order chi connectivity index (χ0) is 11.2. The van der Waals surface area contributed by atoms with Gasteiger partial charge in [-0.3, -0.25) is 0 Å². The van der Waals surface area contributed by atoms with Crippen molar-refractivity contribution in [1.29, 1.82) is 0 Å². The minimum atomic E-state index is 0. The van der Waals surface area contributed by atoms with Gasteiger partial charge in [-0.25, -0.2) is 0 Å². The van der Waals surface area contributed by atoms with Gasteiger partial charge in [-0.1, -0.05) is 45.4 Å². The molecule has 0 fully saturated rings. The first-order chi connectivity index (χ1) is 7.41. The van der Waals surface area contributed by atoms with E-state index in [1.54, 1.807) is 0 Å². The first-order valence-corrected chi connectivity index (χ1v) is 6.12. The Morgan fingerprint density at radius 3 is 1.81 bits per heavy atom. The molecule has 0 aliphatic heterocycles. The monoisotopic (exact) mass is 346 g/mol. The van der Waals surface area contributed by atoms with Gasteiger partial charge in [-0.15, -0.1) is 0 Å². The molecular weight excluding hydrogens is 324 g/mol. The molecule has 0 saturated heterocycles. The number of hydrogen-bond acceptors (Lipinski definition) is 0. The van der Waals surface area contributed by atoms with E-state index in [9.17, 15) is 0 Å². The second-order valence-electron chi connectivity index (χ2n) is 3.70. The van der Waals surface area contributed by atoms with Gasteiger partial charge in [0.25, 0.3) is 0 Å². The molecule has 1 rings (SSSR count). The molecule has 0 radical (unpaired) electrons. The summed E-state index contributed by atoms with van der Waals surface area (Å²) in [5.41, 5.74) is 0. The molecule has 1 heteroatoms. The Hall–Kier alpha value is 0.571. The van der Waals surface area contributed by atoms with E-state index in [1.165, 1.54) is 38.5 Å². The Morgan fingerprint density at radius 2 is 1.44 bits per heavy atom. The fourth-order valence-corrected chi connectivity index (χ4v) is 1.30. The van der Waals surface area contributed by atoms with Crippen LogP contribution in [0.1, 0.15) is 51.9 Å². The second-order valence-corrected chi connectivity index (χ2v) is 3.70. The molecule has 0 unspecified atom stereocenters. The molecule has 0 bridgehead atoms. The molecule has 0 aliphatic carbocycles. The van der Waals surface area contributed by atoms with E-state index in [0.717, 1.165) is 6.42 Å². The van der Waals surface area contributed by atoms with Crippen LogP contribution in [0, 0.1) is 53.8 Å². The Bertz CT molecular complexity index is 151. The summed E-state index contributed by atoms with van der Waals surface area (Å²) in [5, 5.41) is 0. The summed E-state index contributed by atoms with van der Waals surface area (Å²) in [5.74, 6) is 0. The van der Waals surface area contributed by atoms with E-state index >= 15 is 0 Å². The molecule has 0 spiro atoms. The normalized spacial score (nSPS) is 8.62. The third kappa shape index (κ3) is 17.0. The Labute approximate surface area is 135 Å². The van der Waals surface area contributed by atoms with Gasteiger partial charge < -0.3 is 6.92 Å². The summed E-state index contributed by atoms with van der Waals surface area (Å²) in [6.07, 6.45) is 9.45. The summed E-state index contributed by atoms with van der Waals surface area (Å²) < 4.78 is 0. The van der Waals surface area contributed by atoms with Gasteiger partial charge in [0, 0.05) is 40.8 Å². The summed E-state index contributed by atoms with van der Waals surface area (Å²) in [4.78, 5) is 0. The standard InChI is InChI=1S/C9H19.C6H5.Nd/c1-3-5-7-9-8-6-4-2;1-2-4-6-5-3-1;/h1,3-9H2,2H3;1-5H;/q2*-1;. The Balaban J connectivity index is 0. The number of rotatable bonds is 6. The first kappa shape index (κ1) is 18.9. The summed E-state index contributed by atoms with van der Waals surface area (Å²) >= 11 is 0. The van der Waals surface area contributed by atoms with Crippen LogP contribution < -0.4 is 0 Å². The third-order valence-corrected chi connectivity index (χ3v) is 2.21. The van der Waals surface area contributed by atoms with Crippen molar-refractivity contribution < 1.29 is 40.8 Å². The molecule has 0 saturated carbocycles. The molecule has 90 valence electrons. The van der Waals surface area contributed by atoms with Gasteiger partial charge >= 0.3 is 0 Å². The number of hydrogen-bond donors (Lipinski definition) is 0. The van der Waals surface area contributed by atoms with Crippen LogP contribution in [0.4, 0.5) is 0 Å². The molecule has 0 amide bonds. The molecular formula is C15H24Nd-2. The molecule has 0 aromatic heterocycles. The molecule has 16 heavy (non-hydrogen) atoms. The smallest absolute Gasteiger partial charge is 0 e. The molecule has 0 N–H and O–H groups in total. The van der Waals surface area contributed by atoms with Crippen LogP contribution in [0.5, 0.6) is 0 Å². The summed E-state index contributed by atoms with van der Waals surface area (Å²) in [6, 6.07) is 12.5. The number of benzene rings is 1. The molecule has 1 aromatic carbocycles. The van der Waals surface area contributed by atoms with E-state index in [1.807, 2.05) is 30.3 Å². The van der Waals surface area contributed by atoms with Crippen molar-refractivity contribution in [3.63, 3.8) is 0 Å². The molecule has 0 nitrogen and oxygen atoms in total. The minimum absolute atomic E-state index is 0. The quantitative estimate of drug-likeness (QED) is 0.498. The Kier molecular flexibility index (Phi) is 21.2. The SMILES string of the molecule is [CH2-]CCCCCCCC.[Nd].[c-]1ccccc1. The zero-order valence-corrected chi connectivity index (χ0v) is 13.8. The van der Waals surface area contributed by atoms with Crippen LogP contribution in [0.15, 0.2) is 30.3 Å². The van der Waals surface area contributed by atoms with E-state index < -0.39 is 0 Å². The van der Waals surface area contributed by atoms with Gasteiger partial charge in [-0.2, -0.15) is 42.8 Å². The predicted molar refractivity (Wildman–Crippen MR) is 68.6 cm³/mol. The van der Waals surface area contributed by atoms with Crippen LogP contribution in [-0.2, 0) is 0 Å². The van der Waals surface area contributed by atoms with Crippen molar-refractivity contribution in [3.05, 3.63) is 43.3 Å². The fourth-order valence-electron chi connectivity index (χ4n) is 1.30. The molecule has 0 atom stereocenters. The van der Waals surface area contributed by atoms with Gasteiger partial charge in [-0.05, 0) is 0 Å². The molecule has 1 aromatic rings. The van der Waals surface area contributed by atoms with Gasteiger partial charge in [0.2, 0.25) is 0 Å². The fraction of sp³-hybridized carbons (Fsp3) is 0.533. The van der Waals surface area contributed by atoms with Crippen molar-refractivity contribution in [2.24, 2.45) is 0 Å². The molecule has 0 heterocycles. The largest absolute Gasteiger partial charge is 0.343 e. The second kappa shape index (κ2) is 17.9. The maximum Gasteiger partial charge on any atom is 0 e. The minimum Gasteiger partial charge on any atom is -0.343 e. The van der Waals surface area contributed by atoms with Gasteiger partial charge in [0.05, 0.1) is 0 Å². The summed E-state index contributed by atoms with van der Waals surface area (Å²) in [7, 11) is 0. The van der Waals surface area contributed by atoms with Gasteiger partial charge in [0.15, 0.2) is 0 Å². The topological polar surface area (TPSA) is 0 Å². The van der Waals surface area contributed by atoms with Crippen molar-refractivity contribution in [2.75, 3.05) is 0 Å².